The van der Waals surface area contributed by atoms with Crippen LogP contribution >= 0.6 is 24.8 Å². The van der Waals surface area contributed by atoms with Crippen LogP contribution in [0.4, 0.5) is 0 Å². The minimum Gasteiger partial charge on any atom is -0.351 e. The van der Waals surface area contributed by atoms with Crippen molar-refractivity contribution in [2.75, 3.05) is 13.1 Å². The summed E-state index contributed by atoms with van der Waals surface area (Å²) in [6.07, 6.45) is 3.48. The Morgan fingerprint density at radius 1 is 1.23 bits per heavy atom. The van der Waals surface area contributed by atoms with Gasteiger partial charge in [-0.1, -0.05) is 51.5 Å². The summed E-state index contributed by atoms with van der Waals surface area (Å²) in [6, 6.07) is 7.98. The van der Waals surface area contributed by atoms with Gasteiger partial charge < -0.3 is 11.1 Å². The highest BCUT2D eigenvalue weighted by Crippen LogP contribution is 2.19. The molecule has 150 valence electrons. The number of carbonyl (C=O) groups is 1. The average Bonchev–Trinajstić information content (AvgIpc) is 2.61. The van der Waals surface area contributed by atoms with Gasteiger partial charge in [0.1, 0.15) is 0 Å². The standard InChI is InChI=1S/C20H33N3O.2ClH/c1-4-16(3)19(21)20(24)22-13-17-7-5-6-8-18(17)14-23-11-9-15(2)10-12-23;;/h5-8,15-16,19H,4,9-14,21H2,1-3H3,(H,22,24);2*1H. The fourth-order valence-electron chi connectivity index (χ4n) is 3.16. The SMILES string of the molecule is CCC(C)C(N)C(=O)NCc1ccccc1CN1CCC(C)CC1.Cl.Cl. The quantitative estimate of drug-likeness (QED) is 0.728. The molecular weight excluding hydrogens is 369 g/mol. The molecule has 3 N–H and O–H groups in total. The van der Waals surface area contributed by atoms with E-state index in [1.165, 1.54) is 37.1 Å². The number of amides is 1. The van der Waals surface area contributed by atoms with Gasteiger partial charge in [0, 0.05) is 13.1 Å². The van der Waals surface area contributed by atoms with Gasteiger partial charge in [0.25, 0.3) is 0 Å². The molecule has 0 bridgehead atoms. The molecule has 1 fully saturated rings. The van der Waals surface area contributed by atoms with Crippen molar-refractivity contribution >= 4 is 30.7 Å². The van der Waals surface area contributed by atoms with Crippen LogP contribution in [0.25, 0.3) is 0 Å². The number of hydrogen-bond donors (Lipinski definition) is 2. The fraction of sp³-hybridized carbons (Fsp3) is 0.650. The second kappa shape index (κ2) is 12.6. The smallest absolute Gasteiger partial charge is 0.237 e. The molecule has 0 saturated carbocycles. The summed E-state index contributed by atoms with van der Waals surface area (Å²) in [5.41, 5.74) is 8.52. The molecule has 2 rings (SSSR count). The zero-order valence-corrected chi connectivity index (χ0v) is 17.9. The van der Waals surface area contributed by atoms with Crippen LogP contribution in [-0.2, 0) is 17.9 Å². The Morgan fingerprint density at radius 2 is 1.81 bits per heavy atom. The van der Waals surface area contributed by atoms with Crippen LogP contribution in [0.15, 0.2) is 24.3 Å². The fourth-order valence-corrected chi connectivity index (χ4v) is 3.16. The third-order valence-electron chi connectivity index (χ3n) is 5.40. The van der Waals surface area contributed by atoms with E-state index < -0.39 is 6.04 Å². The molecule has 6 heteroatoms. The van der Waals surface area contributed by atoms with Crippen molar-refractivity contribution in [3.63, 3.8) is 0 Å². The zero-order valence-electron chi connectivity index (χ0n) is 16.2. The van der Waals surface area contributed by atoms with Crippen molar-refractivity contribution < 1.29 is 4.79 Å². The van der Waals surface area contributed by atoms with Gasteiger partial charge in [-0.05, 0) is 48.9 Å². The predicted molar refractivity (Wildman–Crippen MR) is 114 cm³/mol. The first-order chi connectivity index (χ1) is 11.5. The van der Waals surface area contributed by atoms with Crippen LogP contribution in [-0.4, -0.2) is 29.9 Å². The first-order valence-electron chi connectivity index (χ1n) is 9.33. The van der Waals surface area contributed by atoms with Crippen LogP contribution in [0.1, 0.15) is 51.2 Å². The van der Waals surface area contributed by atoms with Crippen molar-refractivity contribution in [2.45, 2.75) is 59.2 Å². The van der Waals surface area contributed by atoms with Crippen molar-refractivity contribution in [2.24, 2.45) is 17.6 Å². The van der Waals surface area contributed by atoms with Crippen molar-refractivity contribution in [1.29, 1.82) is 0 Å². The minimum atomic E-state index is -0.425. The van der Waals surface area contributed by atoms with Crippen LogP contribution in [0.2, 0.25) is 0 Å². The van der Waals surface area contributed by atoms with E-state index in [9.17, 15) is 4.79 Å². The largest absolute Gasteiger partial charge is 0.351 e. The van der Waals surface area contributed by atoms with E-state index in [1.807, 2.05) is 13.0 Å². The number of likely N-dealkylation sites (tertiary alicyclic amines) is 1. The van der Waals surface area contributed by atoms with Gasteiger partial charge in [-0.15, -0.1) is 24.8 Å². The second-order valence-corrected chi connectivity index (χ2v) is 7.36. The maximum absolute atomic E-state index is 12.2. The van der Waals surface area contributed by atoms with Crippen LogP contribution in [0.3, 0.4) is 0 Å². The molecule has 1 aliphatic rings. The van der Waals surface area contributed by atoms with E-state index in [-0.39, 0.29) is 36.6 Å². The van der Waals surface area contributed by atoms with E-state index in [4.69, 9.17) is 5.73 Å². The number of halogens is 2. The molecule has 1 heterocycles. The number of carbonyl (C=O) groups excluding carboxylic acids is 1. The lowest BCUT2D eigenvalue weighted by atomic mass is 9.98. The van der Waals surface area contributed by atoms with Crippen molar-refractivity contribution in [3.8, 4) is 0 Å². The third-order valence-corrected chi connectivity index (χ3v) is 5.40. The maximum Gasteiger partial charge on any atom is 0.237 e. The molecule has 0 aromatic heterocycles. The van der Waals surface area contributed by atoms with Gasteiger partial charge >= 0.3 is 0 Å². The number of benzene rings is 1. The predicted octanol–water partition coefficient (Wildman–Crippen LogP) is 3.75. The molecular formula is C20H35Cl2N3O. The summed E-state index contributed by atoms with van der Waals surface area (Å²) in [5, 5.41) is 3.02. The molecule has 1 amide bonds. The number of nitrogens with zero attached hydrogens (tertiary/aromatic N) is 1. The van der Waals surface area contributed by atoms with Crippen LogP contribution < -0.4 is 11.1 Å². The molecule has 4 nitrogen and oxygen atoms in total. The van der Waals surface area contributed by atoms with E-state index in [2.05, 4.69) is 42.3 Å². The molecule has 2 atom stereocenters. The highest BCUT2D eigenvalue weighted by Gasteiger charge is 2.20. The lowest BCUT2D eigenvalue weighted by molar-refractivity contribution is -0.123. The molecule has 1 aliphatic heterocycles. The van der Waals surface area contributed by atoms with Gasteiger partial charge in [-0.2, -0.15) is 0 Å². The Labute approximate surface area is 171 Å². The molecule has 26 heavy (non-hydrogen) atoms. The van der Waals surface area contributed by atoms with Gasteiger partial charge in [0.2, 0.25) is 5.91 Å². The van der Waals surface area contributed by atoms with Gasteiger partial charge in [0.05, 0.1) is 6.04 Å². The first kappa shape index (κ1) is 25.2. The number of hydrogen-bond acceptors (Lipinski definition) is 3. The number of nitrogens with two attached hydrogens (primary N) is 1. The molecule has 0 aliphatic carbocycles. The van der Waals surface area contributed by atoms with Gasteiger partial charge in [-0.25, -0.2) is 0 Å². The van der Waals surface area contributed by atoms with E-state index in [1.54, 1.807) is 0 Å². The summed E-state index contributed by atoms with van der Waals surface area (Å²) >= 11 is 0. The molecule has 1 saturated heterocycles. The summed E-state index contributed by atoms with van der Waals surface area (Å²) in [4.78, 5) is 14.7. The topological polar surface area (TPSA) is 58.4 Å². The van der Waals surface area contributed by atoms with E-state index in [0.29, 0.717) is 6.54 Å². The summed E-state index contributed by atoms with van der Waals surface area (Å²) in [7, 11) is 0. The minimum absolute atomic E-state index is 0. The highest BCUT2D eigenvalue weighted by atomic mass is 35.5. The normalized spacial score (nSPS) is 17.5. The number of nitrogens with one attached hydrogen (secondary N) is 1. The maximum atomic E-state index is 12.2. The average molecular weight is 404 g/mol. The van der Waals surface area contributed by atoms with Crippen molar-refractivity contribution in [1.82, 2.24) is 10.2 Å². The van der Waals surface area contributed by atoms with Crippen LogP contribution in [0.5, 0.6) is 0 Å². The van der Waals surface area contributed by atoms with Crippen molar-refractivity contribution in [3.05, 3.63) is 35.4 Å². The lowest BCUT2D eigenvalue weighted by Gasteiger charge is -2.30. The lowest BCUT2D eigenvalue weighted by Crippen LogP contribution is -2.44. The Morgan fingerprint density at radius 3 is 2.38 bits per heavy atom. The van der Waals surface area contributed by atoms with Gasteiger partial charge in [0.15, 0.2) is 0 Å². The molecule has 0 radical (unpaired) electrons. The summed E-state index contributed by atoms with van der Waals surface area (Å²) < 4.78 is 0. The first-order valence-corrected chi connectivity index (χ1v) is 9.33. The Hall–Kier alpha value is -0.810. The zero-order chi connectivity index (χ0) is 17.5. The number of rotatable bonds is 7. The third kappa shape index (κ3) is 7.43. The highest BCUT2D eigenvalue weighted by molar-refractivity contribution is 5.85. The molecule has 2 unspecified atom stereocenters. The molecule has 1 aromatic carbocycles. The van der Waals surface area contributed by atoms with E-state index in [0.717, 1.165) is 18.9 Å². The summed E-state index contributed by atoms with van der Waals surface area (Å²) in [6.45, 7) is 10.3. The molecule has 0 spiro atoms. The van der Waals surface area contributed by atoms with E-state index >= 15 is 0 Å². The monoisotopic (exact) mass is 403 g/mol. The number of piperidine rings is 1. The van der Waals surface area contributed by atoms with Crippen LogP contribution in [0, 0.1) is 11.8 Å². The van der Waals surface area contributed by atoms with Gasteiger partial charge in [-0.3, -0.25) is 9.69 Å². The molecule has 1 aromatic rings. The second-order valence-electron chi connectivity index (χ2n) is 7.36. The Bertz CT molecular complexity index is 534. The Balaban J connectivity index is 0.00000312. The summed E-state index contributed by atoms with van der Waals surface area (Å²) in [5.74, 6) is 0.999. The Kier molecular flexibility index (Phi) is 12.2.